The molecule has 0 saturated heterocycles. The first kappa shape index (κ1) is 9.00. The molecule has 1 heterocycles. The van der Waals surface area contributed by atoms with Crippen LogP contribution in [0.25, 0.3) is 0 Å². The Morgan fingerprint density at radius 3 is 2.69 bits per heavy atom. The highest BCUT2D eigenvalue weighted by atomic mass is 15.5. The minimum Gasteiger partial charge on any atom is -0.308 e. The van der Waals surface area contributed by atoms with Crippen LogP contribution >= 0.6 is 0 Å². The molecule has 3 heteroatoms. The van der Waals surface area contributed by atoms with Gasteiger partial charge in [0.2, 0.25) is 0 Å². The van der Waals surface area contributed by atoms with Gasteiger partial charge in [-0.05, 0) is 12.8 Å². The van der Waals surface area contributed by atoms with Crippen molar-refractivity contribution >= 4 is 5.84 Å². The van der Waals surface area contributed by atoms with E-state index in [1.54, 1.807) is 0 Å². The molecule has 0 aromatic rings. The summed E-state index contributed by atoms with van der Waals surface area (Å²) in [7, 11) is 0. The van der Waals surface area contributed by atoms with Gasteiger partial charge >= 0.3 is 0 Å². The highest BCUT2D eigenvalue weighted by Crippen LogP contribution is 2.26. The van der Waals surface area contributed by atoms with Gasteiger partial charge in [-0.15, -0.1) is 0 Å². The van der Waals surface area contributed by atoms with Gasteiger partial charge in [-0.25, -0.2) is 5.43 Å². The van der Waals surface area contributed by atoms with E-state index in [-0.39, 0.29) is 6.17 Å². The molecule has 1 aliphatic carbocycles. The predicted molar refractivity (Wildman–Crippen MR) is 54.4 cm³/mol. The summed E-state index contributed by atoms with van der Waals surface area (Å²) >= 11 is 0. The number of aliphatic imine (C=N–C) groups is 1. The SMILES string of the molecule is CC1N=C(CC2CCCCC2)NN1. The van der Waals surface area contributed by atoms with E-state index in [2.05, 4.69) is 22.8 Å². The topological polar surface area (TPSA) is 36.4 Å². The number of rotatable bonds is 2. The van der Waals surface area contributed by atoms with Gasteiger partial charge in [0.1, 0.15) is 12.0 Å². The Hall–Kier alpha value is -0.570. The van der Waals surface area contributed by atoms with E-state index in [4.69, 9.17) is 0 Å². The van der Waals surface area contributed by atoms with E-state index in [0.29, 0.717) is 0 Å². The number of hydrogen-bond donors (Lipinski definition) is 2. The van der Waals surface area contributed by atoms with Crippen LogP contribution in [-0.4, -0.2) is 12.0 Å². The summed E-state index contributed by atoms with van der Waals surface area (Å²) < 4.78 is 0. The van der Waals surface area contributed by atoms with Gasteiger partial charge in [0.05, 0.1) is 0 Å². The highest BCUT2D eigenvalue weighted by Gasteiger charge is 2.18. The average Bonchev–Trinajstić information content (AvgIpc) is 2.53. The van der Waals surface area contributed by atoms with Crippen LogP contribution in [0.2, 0.25) is 0 Å². The van der Waals surface area contributed by atoms with Crippen molar-refractivity contribution in [2.75, 3.05) is 0 Å². The Bertz CT molecular complexity index is 194. The first-order valence-electron chi connectivity index (χ1n) is 5.43. The van der Waals surface area contributed by atoms with E-state index in [1.807, 2.05) is 0 Å². The molecule has 3 nitrogen and oxygen atoms in total. The van der Waals surface area contributed by atoms with E-state index in [0.717, 1.165) is 12.3 Å². The van der Waals surface area contributed by atoms with Crippen molar-refractivity contribution in [3.8, 4) is 0 Å². The quantitative estimate of drug-likeness (QED) is 0.681. The second-order valence-electron chi connectivity index (χ2n) is 4.23. The molecule has 1 fully saturated rings. The molecule has 1 atom stereocenters. The molecule has 2 rings (SSSR count). The summed E-state index contributed by atoms with van der Waals surface area (Å²) in [6.45, 7) is 2.07. The fourth-order valence-electron chi connectivity index (χ4n) is 2.25. The smallest absolute Gasteiger partial charge is 0.115 e. The summed E-state index contributed by atoms with van der Waals surface area (Å²) in [4.78, 5) is 4.48. The Kier molecular flexibility index (Phi) is 2.83. The van der Waals surface area contributed by atoms with Gasteiger partial charge in [-0.2, -0.15) is 0 Å². The molecule has 0 aromatic carbocycles. The second-order valence-corrected chi connectivity index (χ2v) is 4.23. The highest BCUT2D eigenvalue weighted by molar-refractivity contribution is 5.83. The lowest BCUT2D eigenvalue weighted by Crippen LogP contribution is -2.34. The molecule has 1 unspecified atom stereocenters. The zero-order chi connectivity index (χ0) is 9.10. The third kappa shape index (κ3) is 2.44. The van der Waals surface area contributed by atoms with E-state index < -0.39 is 0 Å². The number of nitrogens with zero attached hydrogens (tertiary/aromatic N) is 1. The minimum atomic E-state index is 0.263. The van der Waals surface area contributed by atoms with Gasteiger partial charge in [-0.1, -0.05) is 32.1 Å². The van der Waals surface area contributed by atoms with Crippen molar-refractivity contribution in [1.29, 1.82) is 0 Å². The predicted octanol–water partition coefficient (Wildman–Crippen LogP) is 1.81. The fraction of sp³-hybridized carbons (Fsp3) is 0.900. The molecule has 0 aromatic heterocycles. The molecule has 0 radical (unpaired) electrons. The Morgan fingerprint density at radius 2 is 2.08 bits per heavy atom. The van der Waals surface area contributed by atoms with Crippen molar-refractivity contribution in [2.45, 2.75) is 51.6 Å². The Labute approximate surface area is 80.0 Å². The summed E-state index contributed by atoms with van der Waals surface area (Å²) in [5.41, 5.74) is 6.26. The van der Waals surface area contributed by atoms with Crippen molar-refractivity contribution in [1.82, 2.24) is 10.9 Å². The third-order valence-electron chi connectivity index (χ3n) is 2.98. The normalized spacial score (nSPS) is 29.9. The average molecular weight is 181 g/mol. The van der Waals surface area contributed by atoms with Crippen molar-refractivity contribution in [3.63, 3.8) is 0 Å². The summed E-state index contributed by atoms with van der Waals surface area (Å²) in [5, 5.41) is 0. The number of hydrogen-bond acceptors (Lipinski definition) is 3. The Balaban J connectivity index is 1.80. The lowest BCUT2D eigenvalue weighted by atomic mass is 9.87. The summed E-state index contributed by atoms with van der Waals surface area (Å²) in [6, 6.07) is 0. The monoisotopic (exact) mass is 181 g/mol. The fourth-order valence-corrected chi connectivity index (χ4v) is 2.25. The van der Waals surface area contributed by atoms with E-state index in [9.17, 15) is 0 Å². The van der Waals surface area contributed by atoms with Crippen molar-refractivity contribution in [2.24, 2.45) is 10.9 Å². The molecule has 2 aliphatic rings. The molecule has 1 saturated carbocycles. The van der Waals surface area contributed by atoms with Gasteiger partial charge in [0, 0.05) is 6.42 Å². The molecule has 13 heavy (non-hydrogen) atoms. The van der Waals surface area contributed by atoms with Crippen LogP contribution in [0, 0.1) is 5.92 Å². The van der Waals surface area contributed by atoms with Crippen molar-refractivity contribution < 1.29 is 0 Å². The van der Waals surface area contributed by atoms with Crippen LogP contribution in [0.3, 0.4) is 0 Å². The van der Waals surface area contributed by atoms with Crippen LogP contribution < -0.4 is 10.9 Å². The van der Waals surface area contributed by atoms with Gasteiger partial charge in [0.25, 0.3) is 0 Å². The third-order valence-corrected chi connectivity index (χ3v) is 2.98. The first-order chi connectivity index (χ1) is 6.34. The van der Waals surface area contributed by atoms with Crippen LogP contribution in [-0.2, 0) is 0 Å². The zero-order valence-corrected chi connectivity index (χ0v) is 8.34. The van der Waals surface area contributed by atoms with E-state index >= 15 is 0 Å². The summed E-state index contributed by atoms with van der Waals surface area (Å²) in [6.07, 6.45) is 8.48. The number of amidine groups is 1. The summed E-state index contributed by atoms with van der Waals surface area (Å²) in [5.74, 6) is 2.05. The van der Waals surface area contributed by atoms with Gasteiger partial charge in [0.15, 0.2) is 0 Å². The maximum absolute atomic E-state index is 4.48. The van der Waals surface area contributed by atoms with E-state index in [1.165, 1.54) is 37.9 Å². The van der Waals surface area contributed by atoms with Crippen LogP contribution in [0.1, 0.15) is 45.4 Å². The largest absolute Gasteiger partial charge is 0.308 e. The number of hydrazine groups is 1. The molecule has 2 N–H and O–H groups in total. The zero-order valence-electron chi connectivity index (χ0n) is 8.34. The lowest BCUT2D eigenvalue weighted by Gasteiger charge is -2.21. The standard InChI is InChI=1S/C10H19N3/c1-8-11-10(13-12-8)7-9-5-3-2-4-6-9/h8-9,12H,2-7H2,1H3,(H,11,13). The van der Waals surface area contributed by atoms with Crippen molar-refractivity contribution in [3.05, 3.63) is 0 Å². The first-order valence-corrected chi connectivity index (χ1v) is 5.43. The molecular formula is C10H19N3. The molecule has 1 aliphatic heterocycles. The maximum Gasteiger partial charge on any atom is 0.115 e. The van der Waals surface area contributed by atoms with Crippen LogP contribution in [0.15, 0.2) is 4.99 Å². The lowest BCUT2D eigenvalue weighted by molar-refractivity contribution is 0.366. The van der Waals surface area contributed by atoms with Gasteiger partial charge < -0.3 is 5.43 Å². The number of nitrogens with one attached hydrogen (secondary N) is 2. The Morgan fingerprint density at radius 1 is 1.31 bits per heavy atom. The molecule has 74 valence electrons. The van der Waals surface area contributed by atoms with Crippen LogP contribution in [0.4, 0.5) is 0 Å². The second kappa shape index (κ2) is 4.09. The van der Waals surface area contributed by atoms with Crippen LogP contribution in [0.5, 0.6) is 0 Å². The molecule has 0 spiro atoms. The molecule has 0 bridgehead atoms. The maximum atomic E-state index is 4.48. The minimum absolute atomic E-state index is 0.263. The van der Waals surface area contributed by atoms with Gasteiger partial charge in [-0.3, -0.25) is 4.99 Å². The molecular weight excluding hydrogens is 162 g/mol. The molecule has 0 amide bonds.